The molecule has 1 amide bonds. The highest BCUT2D eigenvalue weighted by Crippen LogP contribution is 2.36. The fourth-order valence-electron chi connectivity index (χ4n) is 2.25. The molecule has 0 bridgehead atoms. The van der Waals surface area contributed by atoms with E-state index in [1.54, 1.807) is 6.26 Å². The Labute approximate surface area is 129 Å². The van der Waals surface area contributed by atoms with E-state index in [1.165, 1.54) is 11.8 Å². The normalized spacial score (nSPS) is 17.2. The molecule has 0 fully saturated rings. The van der Waals surface area contributed by atoms with Gasteiger partial charge in [-0.1, -0.05) is 0 Å². The van der Waals surface area contributed by atoms with E-state index in [1.807, 2.05) is 0 Å². The topological polar surface area (TPSA) is 99.0 Å². The Morgan fingerprint density at radius 1 is 1.55 bits per heavy atom. The molecule has 0 aliphatic carbocycles. The van der Waals surface area contributed by atoms with Crippen molar-refractivity contribution in [3.05, 3.63) is 28.8 Å². The number of aliphatic hydroxyl groups is 2. The molecule has 1 aromatic rings. The molecule has 1 atom stereocenters. The third-order valence-electron chi connectivity index (χ3n) is 3.20. The van der Waals surface area contributed by atoms with Crippen LogP contribution in [0.3, 0.4) is 0 Å². The summed E-state index contributed by atoms with van der Waals surface area (Å²) in [4.78, 5) is 11.6. The Hall–Kier alpha value is -1.36. The molecule has 0 radical (unpaired) electrons. The molecule has 6 nitrogen and oxygen atoms in total. The predicted molar refractivity (Wildman–Crippen MR) is 76.2 cm³/mol. The SMILES string of the molecule is CSCC(=O)N[C@H]1Cc2c(F)cc(F)c(C(O)O)c2OB1O. The third-order valence-corrected chi connectivity index (χ3v) is 3.76. The molecule has 0 saturated carbocycles. The van der Waals surface area contributed by atoms with Crippen LogP contribution in [0.25, 0.3) is 0 Å². The molecule has 1 aromatic carbocycles. The maximum Gasteiger partial charge on any atom is 0.547 e. The summed E-state index contributed by atoms with van der Waals surface area (Å²) < 4.78 is 32.5. The van der Waals surface area contributed by atoms with Crippen LogP contribution in [0.2, 0.25) is 0 Å². The smallest absolute Gasteiger partial charge is 0.534 e. The molecule has 4 N–H and O–H groups in total. The summed E-state index contributed by atoms with van der Waals surface area (Å²) in [6.45, 7) is 0. The summed E-state index contributed by atoms with van der Waals surface area (Å²) in [5, 5.41) is 30.7. The van der Waals surface area contributed by atoms with Gasteiger partial charge < -0.3 is 25.2 Å². The second-order valence-corrected chi connectivity index (χ2v) is 5.62. The lowest BCUT2D eigenvalue weighted by Gasteiger charge is -2.30. The molecule has 0 spiro atoms. The largest absolute Gasteiger partial charge is 0.547 e. The van der Waals surface area contributed by atoms with Crippen molar-refractivity contribution >= 4 is 24.8 Å². The van der Waals surface area contributed by atoms with E-state index in [4.69, 9.17) is 4.65 Å². The maximum atomic E-state index is 13.9. The highest BCUT2D eigenvalue weighted by molar-refractivity contribution is 7.99. The van der Waals surface area contributed by atoms with E-state index in [-0.39, 0.29) is 23.6 Å². The van der Waals surface area contributed by atoms with Crippen LogP contribution in [0.4, 0.5) is 8.78 Å². The van der Waals surface area contributed by atoms with Crippen molar-refractivity contribution in [3.8, 4) is 5.75 Å². The van der Waals surface area contributed by atoms with E-state index < -0.39 is 42.3 Å². The number of thioether (sulfide) groups is 1. The standard InChI is InChI=1S/C12H14BF2NO5S/c1-22-4-9(17)16-8-2-5-6(14)3-7(15)10(12(18)19)11(5)21-13(8)20/h3,8,12,18-20H,2,4H2,1H3,(H,16,17)/t8-/m0/s1. The lowest BCUT2D eigenvalue weighted by atomic mass is 9.72. The van der Waals surface area contributed by atoms with Crippen molar-refractivity contribution in [1.29, 1.82) is 0 Å². The number of benzene rings is 1. The van der Waals surface area contributed by atoms with Crippen LogP contribution in [-0.2, 0) is 11.2 Å². The Morgan fingerprint density at radius 2 is 2.23 bits per heavy atom. The molecule has 22 heavy (non-hydrogen) atoms. The lowest BCUT2D eigenvalue weighted by Crippen LogP contribution is -2.53. The molecule has 2 rings (SSSR count). The number of hydrogen-bond donors (Lipinski definition) is 4. The molecular weight excluding hydrogens is 319 g/mol. The van der Waals surface area contributed by atoms with Gasteiger partial charge in [-0.3, -0.25) is 4.79 Å². The van der Waals surface area contributed by atoms with Crippen molar-refractivity contribution in [2.75, 3.05) is 12.0 Å². The van der Waals surface area contributed by atoms with Crippen molar-refractivity contribution in [1.82, 2.24) is 5.32 Å². The average molecular weight is 333 g/mol. The number of hydrogen-bond acceptors (Lipinski definition) is 6. The summed E-state index contributed by atoms with van der Waals surface area (Å²) >= 11 is 1.27. The fraction of sp³-hybridized carbons (Fsp3) is 0.417. The summed E-state index contributed by atoms with van der Waals surface area (Å²) in [6.07, 6.45) is -0.660. The first-order valence-corrected chi connectivity index (χ1v) is 7.74. The lowest BCUT2D eigenvalue weighted by molar-refractivity contribution is -0.119. The molecule has 1 heterocycles. The highest BCUT2D eigenvalue weighted by Gasteiger charge is 2.40. The number of nitrogens with one attached hydrogen (secondary N) is 1. The summed E-state index contributed by atoms with van der Waals surface area (Å²) in [5.41, 5.74) is -0.784. The van der Waals surface area contributed by atoms with E-state index in [0.29, 0.717) is 6.07 Å². The van der Waals surface area contributed by atoms with Crippen LogP contribution >= 0.6 is 11.8 Å². The van der Waals surface area contributed by atoms with Crippen LogP contribution < -0.4 is 9.97 Å². The third kappa shape index (κ3) is 3.35. The zero-order valence-electron chi connectivity index (χ0n) is 11.5. The molecule has 120 valence electrons. The van der Waals surface area contributed by atoms with Crippen LogP contribution in [0.1, 0.15) is 17.4 Å². The molecule has 0 unspecified atom stereocenters. The number of aliphatic hydroxyl groups excluding tert-OH is 1. The van der Waals surface area contributed by atoms with E-state index >= 15 is 0 Å². The van der Waals surface area contributed by atoms with Gasteiger partial charge in [0.1, 0.15) is 17.4 Å². The Morgan fingerprint density at radius 3 is 2.82 bits per heavy atom. The van der Waals surface area contributed by atoms with E-state index in [2.05, 4.69) is 5.32 Å². The number of amides is 1. The molecule has 1 aliphatic rings. The van der Waals surface area contributed by atoms with Gasteiger partial charge in [-0.25, -0.2) is 8.78 Å². The second kappa shape index (κ2) is 6.82. The van der Waals surface area contributed by atoms with Crippen LogP contribution in [0.15, 0.2) is 6.07 Å². The van der Waals surface area contributed by atoms with E-state index in [0.717, 1.165) is 0 Å². The van der Waals surface area contributed by atoms with Crippen LogP contribution in [0, 0.1) is 11.6 Å². The van der Waals surface area contributed by atoms with E-state index in [9.17, 15) is 28.8 Å². The predicted octanol–water partition coefficient (Wildman–Crippen LogP) is -0.250. The molecule has 1 aliphatic heterocycles. The summed E-state index contributed by atoms with van der Waals surface area (Å²) in [7, 11) is -1.56. The molecule has 10 heteroatoms. The zero-order chi connectivity index (χ0) is 16.4. The zero-order valence-corrected chi connectivity index (χ0v) is 12.4. The van der Waals surface area contributed by atoms with Gasteiger partial charge in [-0.2, -0.15) is 11.8 Å². The van der Waals surface area contributed by atoms with Crippen LogP contribution in [0.5, 0.6) is 5.75 Å². The average Bonchev–Trinajstić information content (AvgIpc) is 2.40. The quantitative estimate of drug-likeness (QED) is 0.448. The fourth-order valence-corrected chi connectivity index (χ4v) is 2.59. The first-order valence-electron chi connectivity index (χ1n) is 6.35. The minimum absolute atomic E-state index is 0.135. The minimum Gasteiger partial charge on any atom is -0.534 e. The van der Waals surface area contributed by atoms with Gasteiger partial charge in [0.05, 0.1) is 17.3 Å². The molecule has 0 aromatic heterocycles. The number of halogens is 2. The Kier molecular flexibility index (Phi) is 5.27. The Bertz CT molecular complexity index is 589. The second-order valence-electron chi connectivity index (χ2n) is 4.75. The van der Waals surface area contributed by atoms with Gasteiger partial charge in [0.15, 0.2) is 6.29 Å². The Balaban J connectivity index is 2.33. The number of carbonyl (C=O) groups excluding carboxylic acids is 1. The van der Waals surface area contributed by atoms with Gasteiger partial charge in [0.25, 0.3) is 0 Å². The van der Waals surface area contributed by atoms with Gasteiger partial charge in [0, 0.05) is 11.6 Å². The number of fused-ring (bicyclic) bond motifs is 1. The molecule has 0 saturated heterocycles. The van der Waals surface area contributed by atoms with Crippen molar-refractivity contribution in [2.24, 2.45) is 0 Å². The maximum absolute atomic E-state index is 13.9. The van der Waals surface area contributed by atoms with Gasteiger partial charge in [-0.05, 0) is 12.7 Å². The first kappa shape index (κ1) is 17.0. The summed E-state index contributed by atoms with van der Waals surface area (Å²) in [6, 6.07) is 0.509. The minimum atomic E-state index is -2.22. The number of rotatable bonds is 4. The van der Waals surface area contributed by atoms with Gasteiger partial charge in [-0.15, -0.1) is 0 Å². The van der Waals surface area contributed by atoms with Gasteiger partial charge >= 0.3 is 7.12 Å². The monoisotopic (exact) mass is 333 g/mol. The first-order chi connectivity index (χ1) is 10.3. The van der Waals surface area contributed by atoms with Gasteiger partial charge in [0.2, 0.25) is 5.91 Å². The van der Waals surface area contributed by atoms with Crippen molar-refractivity contribution in [3.63, 3.8) is 0 Å². The van der Waals surface area contributed by atoms with Crippen LogP contribution in [-0.4, -0.2) is 46.2 Å². The van der Waals surface area contributed by atoms with Crippen molar-refractivity contribution < 1.29 is 33.5 Å². The molecular formula is C12H14BF2NO5S. The highest BCUT2D eigenvalue weighted by atomic mass is 32.2. The summed E-state index contributed by atoms with van der Waals surface area (Å²) in [5.74, 6) is -3.72. The van der Waals surface area contributed by atoms with Crippen molar-refractivity contribution in [2.45, 2.75) is 18.7 Å². The number of carbonyl (C=O) groups is 1.